The van der Waals surface area contributed by atoms with Crippen LogP contribution >= 0.6 is 11.6 Å². The largest absolute Gasteiger partial charge is 0.504 e. The first-order valence-corrected chi connectivity index (χ1v) is 4.30. The van der Waals surface area contributed by atoms with Gasteiger partial charge in [-0.3, -0.25) is 4.79 Å². The molecule has 3 nitrogen and oxygen atoms in total. The number of benzene rings is 1. The first-order valence-electron chi connectivity index (χ1n) is 3.76. The first-order chi connectivity index (χ1) is 6.61. The van der Waals surface area contributed by atoms with Crippen molar-refractivity contribution in [1.82, 2.24) is 0 Å². The topological polar surface area (TPSA) is 46.5 Å². The summed E-state index contributed by atoms with van der Waals surface area (Å²) < 4.78 is 17.8. The van der Waals surface area contributed by atoms with E-state index in [9.17, 15) is 14.3 Å². The number of carbonyl (C=O) groups excluding carboxylic acids is 1. The highest BCUT2D eigenvalue weighted by molar-refractivity contribution is 6.30. The fourth-order valence-electron chi connectivity index (χ4n) is 1.00. The Balaban J connectivity index is 3.24. The minimum atomic E-state index is -0.955. The molecule has 14 heavy (non-hydrogen) atoms. The first kappa shape index (κ1) is 10.8. The van der Waals surface area contributed by atoms with Gasteiger partial charge >= 0.3 is 0 Å². The van der Waals surface area contributed by atoms with Gasteiger partial charge in [0.2, 0.25) is 5.82 Å². The van der Waals surface area contributed by atoms with E-state index >= 15 is 0 Å². The SMILES string of the molecule is COc1ccc(C(=O)CCl)c(O)c1F. The predicted molar refractivity (Wildman–Crippen MR) is 49.7 cm³/mol. The van der Waals surface area contributed by atoms with Crippen LogP contribution in [0.2, 0.25) is 0 Å². The number of aromatic hydroxyl groups is 1. The molecule has 0 aliphatic heterocycles. The molecule has 0 saturated carbocycles. The van der Waals surface area contributed by atoms with Crippen molar-refractivity contribution in [1.29, 1.82) is 0 Å². The van der Waals surface area contributed by atoms with Gasteiger partial charge in [0.1, 0.15) is 0 Å². The Kier molecular flexibility index (Phi) is 3.30. The minimum Gasteiger partial charge on any atom is -0.504 e. The molecule has 0 unspecified atom stereocenters. The third-order valence-electron chi connectivity index (χ3n) is 1.72. The zero-order chi connectivity index (χ0) is 10.7. The van der Waals surface area contributed by atoms with Crippen molar-refractivity contribution in [3.05, 3.63) is 23.5 Å². The fourth-order valence-corrected chi connectivity index (χ4v) is 1.14. The van der Waals surface area contributed by atoms with Gasteiger partial charge in [-0.1, -0.05) is 0 Å². The zero-order valence-electron chi connectivity index (χ0n) is 7.38. The van der Waals surface area contributed by atoms with Gasteiger partial charge in [-0.05, 0) is 12.1 Å². The van der Waals surface area contributed by atoms with Crippen LogP contribution in [0.15, 0.2) is 12.1 Å². The molecule has 0 amide bonds. The highest BCUT2D eigenvalue weighted by Crippen LogP contribution is 2.29. The summed E-state index contributed by atoms with van der Waals surface area (Å²) in [5.74, 6) is -2.64. The van der Waals surface area contributed by atoms with Crippen molar-refractivity contribution in [2.45, 2.75) is 0 Å². The molecule has 1 rings (SSSR count). The Morgan fingerprint density at radius 3 is 2.79 bits per heavy atom. The van der Waals surface area contributed by atoms with E-state index in [-0.39, 0.29) is 17.2 Å². The lowest BCUT2D eigenvalue weighted by Gasteiger charge is -2.06. The number of ether oxygens (including phenoxy) is 1. The minimum absolute atomic E-state index is 0.117. The summed E-state index contributed by atoms with van der Waals surface area (Å²) in [4.78, 5) is 11.1. The Morgan fingerprint density at radius 1 is 1.64 bits per heavy atom. The van der Waals surface area contributed by atoms with Crippen LogP contribution in [0.4, 0.5) is 4.39 Å². The van der Waals surface area contributed by atoms with Crippen molar-refractivity contribution in [2.75, 3.05) is 13.0 Å². The number of Topliss-reactive ketones (excluding diaryl/α,β-unsaturated/α-hetero) is 1. The Labute approximate surface area is 85.1 Å². The number of hydrogen-bond acceptors (Lipinski definition) is 3. The molecular weight excluding hydrogens is 211 g/mol. The molecule has 1 aromatic rings. The van der Waals surface area contributed by atoms with Gasteiger partial charge in [0, 0.05) is 0 Å². The van der Waals surface area contributed by atoms with Crippen molar-refractivity contribution in [3.63, 3.8) is 0 Å². The van der Waals surface area contributed by atoms with Crippen LogP contribution in [0, 0.1) is 5.82 Å². The number of alkyl halides is 1. The molecule has 0 aliphatic carbocycles. The maximum Gasteiger partial charge on any atom is 0.207 e. The van der Waals surface area contributed by atoms with Gasteiger partial charge in [-0.15, -0.1) is 11.6 Å². The molecule has 0 radical (unpaired) electrons. The second-order valence-corrected chi connectivity index (χ2v) is 2.80. The fraction of sp³-hybridized carbons (Fsp3) is 0.222. The molecule has 76 valence electrons. The van der Waals surface area contributed by atoms with Crippen LogP contribution in [0.5, 0.6) is 11.5 Å². The highest BCUT2D eigenvalue weighted by atomic mass is 35.5. The van der Waals surface area contributed by atoms with E-state index in [0.29, 0.717) is 0 Å². The highest BCUT2D eigenvalue weighted by Gasteiger charge is 2.17. The molecule has 0 heterocycles. The van der Waals surface area contributed by atoms with E-state index in [2.05, 4.69) is 4.74 Å². The number of ketones is 1. The van der Waals surface area contributed by atoms with Gasteiger partial charge in [-0.25, -0.2) is 0 Å². The Hall–Kier alpha value is -1.29. The summed E-state index contributed by atoms with van der Waals surface area (Å²) >= 11 is 5.27. The molecule has 1 N–H and O–H groups in total. The predicted octanol–water partition coefficient (Wildman–Crippen LogP) is 1.96. The smallest absolute Gasteiger partial charge is 0.207 e. The lowest BCUT2D eigenvalue weighted by atomic mass is 10.1. The third-order valence-corrected chi connectivity index (χ3v) is 1.97. The molecule has 5 heteroatoms. The molecule has 0 saturated heterocycles. The van der Waals surface area contributed by atoms with Crippen LogP contribution in [-0.4, -0.2) is 23.9 Å². The average Bonchev–Trinajstić information content (AvgIpc) is 2.21. The molecular formula is C9H8ClFO3. The summed E-state index contributed by atoms with van der Waals surface area (Å²) in [6.45, 7) is 0. The number of carbonyl (C=O) groups is 1. The molecule has 1 aromatic carbocycles. The van der Waals surface area contributed by atoms with Crippen LogP contribution < -0.4 is 4.74 Å². The van der Waals surface area contributed by atoms with Crippen LogP contribution in [0.3, 0.4) is 0 Å². The summed E-state index contributed by atoms with van der Waals surface area (Å²) in [5.41, 5.74) is -0.140. The van der Waals surface area contributed by atoms with E-state index in [1.807, 2.05) is 0 Å². The molecule has 0 spiro atoms. The maximum atomic E-state index is 13.2. The number of rotatable bonds is 3. The van der Waals surface area contributed by atoms with E-state index < -0.39 is 17.3 Å². The molecule has 0 aliphatic rings. The van der Waals surface area contributed by atoms with E-state index in [1.165, 1.54) is 19.2 Å². The summed E-state index contributed by atoms with van der Waals surface area (Å²) in [7, 11) is 1.26. The zero-order valence-corrected chi connectivity index (χ0v) is 8.14. The average molecular weight is 219 g/mol. The summed E-state index contributed by atoms with van der Waals surface area (Å²) in [5, 5.41) is 9.28. The van der Waals surface area contributed by atoms with E-state index in [0.717, 1.165) is 0 Å². The van der Waals surface area contributed by atoms with Crippen molar-refractivity contribution < 1.29 is 19.0 Å². The molecule has 0 fully saturated rings. The van der Waals surface area contributed by atoms with Gasteiger partial charge in [0.25, 0.3) is 0 Å². The van der Waals surface area contributed by atoms with Crippen molar-refractivity contribution in [2.24, 2.45) is 0 Å². The van der Waals surface area contributed by atoms with Gasteiger partial charge in [-0.2, -0.15) is 4.39 Å². The molecule has 0 aromatic heterocycles. The molecule has 0 atom stereocenters. The standard InChI is InChI=1S/C9H8ClFO3/c1-14-7-3-2-5(6(12)4-10)9(13)8(7)11/h2-3,13H,4H2,1H3. The Bertz CT molecular complexity index is 365. The monoisotopic (exact) mass is 218 g/mol. The van der Waals surface area contributed by atoms with Crippen LogP contribution in [-0.2, 0) is 0 Å². The number of hydrogen-bond donors (Lipinski definition) is 1. The maximum absolute atomic E-state index is 13.2. The number of methoxy groups -OCH3 is 1. The van der Waals surface area contributed by atoms with E-state index in [1.54, 1.807) is 0 Å². The third kappa shape index (κ3) is 1.80. The van der Waals surface area contributed by atoms with Gasteiger partial charge in [0.05, 0.1) is 18.6 Å². The lowest BCUT2D eigenvalue weighted by molar-refractivity contribution is 0.101. The van der Waals surface area contributed by atoms with Gasteiger partial charge < -0.3 is 9.84 Å². The Morgan fingerprint density at radius 2 is 2.29 bits per heavy atom. The van der Waals surface area contributed by atoms with Crippen LogP contribution in [0.1, 0.15) is 10.4 Å². The van der Waals surface area contributed by atoms with Crippen molar-refractivity contribution in [3.8, 4) is 11.5 Å². The normalized spacial score (nSPS) is 9.93. The second kappa shape index (κ2) is 4.28. The number of phenolic OH excluding ortho intramolecular Hbond substituents is 1. The second-order valence-electron chi connectivity index (χ2n) is 2.53. The lowest BCUT2D eigenvalue weighted by Crippen LogP contribution is -2.02. The number of halogens is 2. The molecule has 0 bridgehead atoms. The summed E-state index contributed by atoms with van der Waals surface area (Å²) in [6, 6.07) is 2.52. The number of phenols is 1. The van der Waals surface area contributed by atoms with E-state index in [4.69, 9.17) is 11.6 Å². The van der Waals surface area contributed by atoms with Gasteiger partial charge in [0.15, 0.2) is 17.3 Å². The quantitative estimate of drug-likeness (QED) is 0.623. The van der Waals surface area contributed by atoms with Crippen molar-refractivity contribution >= 4 is 17.4 Å². The van der Waals surface area contributed by atoms with Crippen LogP contribution in [0.25, 0.3) is 0 Å². The summed E-state index contributed by atoms with van der Waals surface area (Å²) in [6.07, 6.45) is 0.